The van der Waals surface area contributed by atoms with Crippen molar-refractivity contribution in [3.63, 3.8) is 0 Å². The fourth-order valence-corrected chi connectivity index (χ4v) is 1.82. The number of halogens is 1. The zero-order chi connectivity index (χ0) is 14.3. The third-order valence-corrected chi connectivity index (χ3v) is 3.01. The van der Waals surface area contributed by atoms with Crippen LogP contribution in [0.15, 0.2) is 11.3 Å². The van der Waals surface area contributed by atoms with Gasteiger partial charge < -0.3 is 11.1 Å². The Morgan fingerprint density at radius 1 is 1.40 bits per heavy atom. The van der Waals surface area contributed by atoms with E-state index in [0.29, 0.717) is 18.5 Å². The van der Waals surface area contributed by atoms with Crippen molar-refractivity contribution in [3.8, 4) is 0 Å². The van der Waals surface area contributed by atoms with Gasteiger partial charge >= 0.3 is 0 Å². The number of nitrogens with zero attached hydrogens (tertiary/aromatic N) is 4. The molecule has 1 rings (SSSR count). The van der Waals surface area contributed by atoms with Crippen LogP contribution >= 0.6 is 24.0 Å². The van der Waals surface area contributed by atoms with Crippen LogP contribution in [-0.4, -0.2) is 26.8 Å². The third kappa shape index (κ3) is 7.66. The van der Waals surface area contributed by atoms with E-state index in [-0.39, 0.29) is 24.0 Å². The van der Waals surface area contributed by atoms with Crippen LogP contribution in [0.3, 0.4) is 0 Å². The fraction of sp³-hybridized carbons (Fsp3) is 0.769. The van der Waals surface area contributed by atoms with E-state index < -0.39 is 0 Å². The smallest absolute Gasteiger partial charge is 0.189 e. The molecular weight excluding hydrogens is 367 g/mol. The number of nitrogens with two attached hydrogens (primary N) is 1. The van der Waals surface area contributed by atoms with E-state index in [1.165, 1.54) is 19.2 Å². The summed E-state index contributed by atoms with van der Waals surface area (Å²) in [5.74, 6) is 2.03. The van der Waals surface area contributed by atoms with Crippen LogP contribution in [0.4, 0.5) is 0 Å². The first-order chi connectivity index (χ1) is 8.99. The second-order valence-corrected chi connectivity index (χ2v) is 5.37. The van der Waals surface area contributed by atoms with Gasteiger partial charge in [0.05, 0.1) is 0 Å². The Kier molecular flexibility index (Phi) is 9.52. The largest absolute Gasteiger partial charge is 0.370 e. The molecule has 0 fully saturated rings. The molecule has 0 saturated heterocycles. The lowest BCUT2D eigenvalue weighted by Crippen LogP contribution is -2.38. The molecule has 0 saturated carbocycles. The van der Waals surface area contributed by atoms with Gasteiger partial charge in [0, 0.05) is 13.1 Å². The molecule has 7 heteroatoms. The lowest BCUT2D eigenvalue weighted by atomic mass is 10.0. The lowest BCUT2D eigenvalue weighted by Gasteiger charge is -2.14. The average molecular weight is 394 g/mol. The van der Waals surface area contributed by atoms with Crippen molar-refractivity contribution in [2.75, 3.05) is 0 Å². The number of hydrogen-bond acceptors (Lipinski definition) is 3. The minimum Gasteiger partial charge on any atom is -0.370 e. The maximum absolute atomic E-state index is 5.85. The normalized spacial score (nSPS) is 13.2. The molecule has 0 aromatic carbocycles. The van der Waals surface area contributed by atoms with E-state index in [4.69, 9.17) is 5.73 Å². The standard InChI is InChI=1S/C13H26N6.HI/c1-10(2)6-5-7-11(3)18-13(14)15-8-12-16-9-17-19(12)4;/h9-11H,5-8H2,1-4H3,(H3,14,15,18);1H. The van der Waals surface area contributed by atoms with Gasteiger partial charge in [-0.25, -0.2) is 9.98 Å². The van der Waals surface area contributed by atoms with Gasteiger partial charge in [0.15, 0.2) is 5.96 Å². The molecule has 1 unspecified atom stereocenters. The predicted octanol–water partition coefficient (Wildman–Crippen LogP) is 2.05. The topological polar surface area (TPSA) is 81.1 Å². The first kappa shape index (κ1) is 19.1. The summed E-state index contributed by atoms with van der Waals surface area (Å²) in [6.07, 6.45) is 5.09. The Balaban J connectivity index is 0.00000361. The van der Waals surface area contributed by atoms with Crippen molar-refractivity contribution in [3.05, 3.63) is 12.2 Å². The molecule has 116 valence electrons. The lowest BCUT2D eigenvalue weighted by molar-refractivity contribution is 0.493. The molecule has 1 aromatic rings. The molecule has 1 aromatic heterocycles. The minimum absolute atomic E-state index is 0. The van der Waals surface area contributed by atoms with Crippen molar-refractivity contribution in [1.82, 2.24) is 20.1 Å². The van der Waals surface area contributed by atoms with Gasteiger partial charge in [0.1, 0.15) is 18.7 Å². The summed E-state index contributed by atoms with van der Waals surface area (Å²) in [6, 6.07) is 0.349. The van der Waals surface area contributed by atoms with E-state index >= 15 is 0 Å². The molecule has 3 N–H and O–H groups in total. The number of rotatable bonds is 7. The molecule has 0 aliphatic carbocycles. The number of nitrogens with one attached hydrogen (secondary N) is 1. The molecule has 6 nitrogen and oxygen atoms in total. The highest BCUT2D eigenvalue weighted by atomic mass is 127. The summed E-state index contributed by atoms with van der Waals surface area (Å²) in [5, 5.41) is 7.19. The Hall–Kier alpha value is -0.860. The van der Waals surface area contributed by atoms with Crippen LogP contribution in [0.2, 0.25) is 0 Å². The molecule has 1 heterocycles. The first-order valence-corrected chi connectivity index (χ1v) is 6.88. The Bertz CT molecular complexity index is 401. The summed E-state index contributed by atoms with van der Waals surface area (Å²) in [7, 11) is 1.84. The van der Waals surface area contributed by atoms with Gasteiger partial charge in [-0.2, -0.15) is 5.10 Å². The van der Waals surface area contributed by atoms with Crippen LogP contribution in [-0.2, 0) is 13.6 Å². The highest BCUT2D eigenvalue weighted by molar-refractivity contribution is 14.0. The number of aliphatic imine (C=N–C) groups is 1. The second kappa shape index (κ2) is 9.95. The summed E-state index contributed by atoms with van der Waals surface area (Å²) in [4.78, 5) is 8.37. The van der Waals surface area contributed by atoms with Gasteiger partial charge in [-0.1, -0.05) is 26.7 Å². The molecule has 1 atom stereocenters. The summed E-state index contributed by atoms with van der Waals surface area (Å²) >= 11 is 0. The van der Waals surface area contributed by atoms with Gasteiger partial charge in [0.25, 0.3) is 0 Å². The van der Waals surface area contributed by atoms with Crippen molar-refractivity contribution in [1.29, 1.82) is 0 Å². The van der Waals surface area contributed by atoms with Crippen molar-refractivity contribution >= 4 is 29.9 Å². The van der Waals surface area contributed by atoms with Gasteiger partial charge in [0.2, 0.25) is 0 Å². The Morgan fingerprint density at radius 2 is 2.10 bits per heavy atom. The summed E-state index contributed by atoms with van der Waals surface area (Å²) < 4.78 is 1.70. The van der Waals surface area contributed by atoms with E-state index in [0.717, 1.165) is 18.2 Å². The quantitative estimate of drug-likeness (QED) is 0.422. The molecule has 20 heavy (non-hydrogen) atoms. The van der Waals surface area contributed by atoms with Crippen LogP contribution in [0.25, 0.3) is 0 Å². The van der Waals surface area contributed by atoms with Crippen molar-refractivity contribution in [2.45, 2.75) is 52.6 Å². The van der Waals surface area contributed by atoms with Crippen molar-refractivity contribution < 1.29 is 0 Å². The molecule has 0 aliphatic rings. The highest BCUT2D eigenvalue weighted by Gasteiger charge is 2.04. The minimum atomic E-state index is 0. The second-order valence-electron chi connectivity index (χ2n) is 5.37. The Morgan fingerprint density at radius 3 is 2.65 bits per heavy atom. The maximum atomic E-state index is 5.85. The molecule has 0 aliphatic heterocycles. The van der Waals surface area contributed by atoms with Crippen LogP contribution < -0.4 is 11.1 Å². The van der Waals surface area contributed by atoms with E-state index in [1.54, 1.807) is 4.68 Å². The number of hydrogen-bond donors (Lipinski definition) is 2. The summed E-state index contributed by atoms with van der Waals surface area (Å²) in [5.41, 5.74) is 5.85. The SMILES string of the molecule is CC(C)CCCC(C)NC(N)=NCc1ncnn1C.I. The van der Waals surface area contributed by atoms with E-state index in [9.17, 15) is 0 Å². The molecule has 0 bridgehead atoms. The molecule has 0 spiro atoms. The number of aromatic nitrogens is 3. The number of aryl methyl sites for hydroxylation is 1. The zero-order valence-corrected chi connectivity index (χ0v) is 15.2. The number of guanidine groups is 1. The van der Waals surface area contributed by atoms with Crippen LogP contribution in [0.1, 0.15) is 45.9 Å². The van der Waals surface area contributed by atoms with Gasteiger partial charge in [-0.15, -0.1) is 24.0 Å². The zero-order valence-electron chi connectivity index (χ0n) is 12.8. The average Bonchev–Trinajstić information content (AvgIpc) is 2.71. The van der Waals surface area contributed by atoms with Gasteiger partial charge in [-0.05, 0) is 19.3 Å². The molecular formula is C13H27IN6. The van der Waals surface area contributed by atoms with Crippen LogP contribution in [0.5, 0.6) is 0 Å². The highest BCUT2D eigenvalue weighted by Crippen LogP contribution is 2.08. The first-order valence-electron chi connectivity index (χ1n) is 6.88. The van der Waals surface area contributed by atoms with Crippen LogP contribution in [0, 0.1) is 5.92 Å². The fourth-order valence-electron chi connectivity index (χ4n) is 1.82. The predicted molar refractivity (Wildman–Crippen MR) is 93.0 cm³/mol. The molecule has 0 radical (unpaired) electrons. The maximum Gasteiger partial charge on any atom is 0.189 e. The van der Waals surface area contributed by atoms with E-state index in [1.807, 2.05) is 7.05 Å². The molecule has 0 amide bonds. The monoisotopic (exact) mass is 394 g/mol. The third-order valence-electron chi connectivity index (χ3n) is 3.01. The van der Waals surface area contributed by atoms with E-state index in [2.05, 4.69) is 41.2 Å². The summed E-state index contributed by atoms with van der Waals surface area (Å²) in [6.45, 7) is 7.07. The van der Waals surface area contributed by atoms with Crippen molar-refractivity contribution in [2.24, 2.45) is 23.7 Å². The van der Waals surface area contributed by atoms with Gasteiger partial charge in [-0.3, -0.25) is 4.68 Å². The Labute approximate surface area is 138 Å².